The maximum absolute atomic E-state index is 5.47. The minimum Gasteiger partial charge on any atom is -0.490 e. The Balaban J connectivity index is 2.15. The molecule has 0 bridgehead atoms. The predicted octanol–water partition coefficient (Wildman–Crippen LogP) is 2.40. The highest BCUT2D eigenvalue weighted by Crippen LogP contribution is 2.34. The van der Waals surface area contributed by atoms with Crippen LogP contribution in [0.15, 0.2) is 6.33 Å². The van der Waals surface area contributed by atoms with Crippen LogP contribution in [0, 0.1) is 11.8 Å². The number of nitrogens with zero attached hydrogens (tertiary/aromatic N) is 3. The second kappa shape index (κ2) is 6.08. The standard InChI is InChI=1S/C14H24N4O/c1-10(2)11-5-7-18(8-6-11)14-12(19-4)13(15-3)16-9-17-14/h9-11H,5-8H2,1-4H3,(H,15,16,17). The van der Waals surface area contributed by atoms with Gasteiger partial charge in [0.25, 0.3) is 0 Å². The van der Waals surface area contributed by atoms with Gasteiger partial charge in [-0.1, -0.05) is 13.8 Å². The van der Waals surface area contributed by atoms with Gasteiger partial charge in [0.1, 0.15) is 6.33 Å². The van der Waals surface area contributed by atoms with E-state index in [-0.39, 0.29) is 0 Å². The van der Waals surface area contributed by atoms with Crippen molar-refractivity contribution >= 4 is 11.6 Å². The lowest BCUT2D eigenvalue weighted by atomic mass is 9.87. The first-order valence-corrected chi connectivity index (χ1v) is 6.99. The molecule has 106 valence electrons. The predicted molar refractivity (Wildman–Crippen MR) is 77.9 cm³/mol. The fourth-order valence-electron chi connectivity index (χ4n) is 2.73. The number of ether oxygens (including phenoxy) is 1. The first-order chi connectivity index (χ1) is 9.17. The topological polar surface area (TPSA) is 50.3 Å². The third-order valence-corrected chi connectivity index (χ3v) is 4.01. The average Bonchev–Trinajstić information content (AvgIpc) is 2.46. The molecule has 2 rings (SSSR count). The maximum Gasteiger partial charge on any atom is 0.204 e. The number of hydrogen-bond acceptors (Lipinski definition) is 5. The van der Waals surface area contributed by atoms with Crippen molar-refractivity contribution in [2.24, 2.45) is 11.8 Å². The van der Waals surface area contributed by atoms with E-state index in [1.807, 2.05) is 7.05 Å². The molecule has 1 aliphatic heterocycles. The van der Waals surface area contributed by atoms with E-state index in [1.54, 1.807) is 13.4 Å². The molecule has 0 amide bonds. The summed E-state index contributed by atoms with van der Waals surface area (Å²) in [6.07, 6.45) is 4.04. The molecule has 1 N–H and O–H groups in total. The van der Waals surface area contributed by atoms with Gasteiger partial charge in [-0.2, -0.15) is 0 Å². The molecule has 5 nitrogen and oxygen atoms in total. The molecule has 0 aromatic carbocycles. The highest BCUT2D eigenvalue weighted by molar-refractivity contribution is 5.64. The molecule has 2 heterocycles. The van der Waals surface area contributed by atoms with Gasteiger partial charge in [0.2, 0.25) is 5.75 Å². The lowest BCUT2D eigenvalue weighted by molar-refractivity contribution is 0.309. The van der Waals surface area contributed by atoms with E-state index in [4.69, 9.17) is 4.74 Å². The van der Waals surface area contributed by atoms with Gasteiger partial charge in [0.15, 0.2) is 11.6 Å². The minimum absolute atomic E-state index is 0.744. The largest absolute Gasteiger partial charge is 0.490 e. The second-order valence-corrected chi connectivity index (χ2v) is 5.40. The van der Waals surface area contributed by atoms with Gasteiger partial charge in [0.05, 0.1) is 7.11 Å². The van der Waals surface area contributed by atoms with Crippen molar-refractivity contribution in [1.82, 2.24) is 9.97 Å². The molecule has 1 fully saturated rings. The van der Waals surface area contributed by atoms with Gasteiger partial charge < -0.3 is 15.0 Å². The van der Waals surface area contributed by atoms with Crippen molar-refractivity contribution in [3.8, 4) is 5.75 Å². The molecule has 1 aliphatic rings. The van der Waals surface area contributed by atoms with Crippen molar-refractivity contribution < 1.29 is 4.74 Å². The third-order valence-electron chi connectivity index (χ3n) is 4.01. The van der Waals surface area contributed by atoms with E-state index in [2.05, 4.69) is 34.0 Å². The summed E-state index contributed by atoms with van der Waals surface area (Å²) >= 11 is 0. The first-order valence-electron chi connectivity index (χ1n) is 6.99. The number of methoxy groups -OCH3 is 1. The van der Waals surface area contributed by atoms with Gasteiger partial charge >= 0.3 is 0 Å². The van der Waals surface area contributed by atoms with Crippen LogP contribution < -0.4 is 15.0 Å². The number of piperidine rings is 1. The first kappa shape index (κ1) is 13.9. The molecule has 0 atom stereocenters. The van der Waals surface area contributed by atoms with Crippen LogP contribution >= 0.6 is 0 Å². The smallest absolute Gasteiger partial charge is 0.204 e. The van der Waals surface area contributed by atoms with Crippen LogP contribution in [-0.4, -0.2) is 37.2 Å². The monoisotopic (exact) mass is 264 g/mol. The summed E-state index contributed by atoms with van der Waals surface area (Å²) in [5.74, 6) is 3.99. The third kappa shape index (κ3) is 2.91. The molecule has 0 unspecified atom stereocenters. The molecule has 1 saturated heterocycles. The van der Waals surface area contributed by atoms with Crippen molar-refractivity contribution in [2.45, 2.75) is 26.7 Å². The molecule has 0 radical (unpaired) electrons. The quantitative estimate of drug-likeness (QED) is 0.905. The number of hydrogen-bond donors (Lipinski definition) is 1. The Labute approximate surface area is 115 Å². The summed E-state index contributed by atoms with van der Waals surface area (Å²) in [7, 11) is 3.52. The van der Waals surface area contributed by atoms with Gasteiger partial charge in [-0.05, 0) is 24.7 Å². The van der Waals surface area contributed by atoms with Crippen molar-refractivity contribution in [1.29, 1.82) is 0 Å². The van der Waals surface area contributed by atoms with Crippen LogP contribution in [0.2, 0.25) is 0 Å². The van der Waals surface area contributed by atoms with Gasteiger partial charge in [-0.15, -0.1) is 0 Å². The Morgan fingerprint density at radius 2 is 2.00 bits per heavy atom. The van der Waals surface area contributed by atoms with E-state index >= 15 is 0 Å². The van der Waals surface area contributed by atoms with Crippen LogP contribution in [-0.2, 0) is 0 Å². The summed E-state index contributed by atoms with van der Waals surface area (Å²) < 4.78 is 5.47. The minimum atomic E-state index is 0.744. The molecule has 0 aliphatic carbocycles. The van der Waals surface area contributed by atoms with E-state index in [1.165, 1.54) is 12.8 Å². The Hall–Kier alpha value is -1.52. The molecule has 1 aromatic rings. The second-order valence-electron chi connectivity index (χ2n) is 5.40. The highest BCUT2D eigenvalue weighted by Gasteiger charge is 2.25. The summed E-state index contributed by atoms with van der Waals surface area (Å²) in [4.78, 5) is 10.9. The zero-order valence-corrected chi connectivity index (χ0v) is 12.3. The number of nitrogens with one attached hydrogen (secondary N) is 1. The Morgan fingerprint density at radius 3 is 2.53 bits per heavy atom. The van der Waals surface area contributed by atoms with Gasteiger partial charge in [-0.25, -0.2) is 9.97 Å². The van der Waals surface area contributed by atoms with E-state index in [0.717, 1.165) is 42.3 Å². The zero-order chi connectivity index (χ0) is 13.8. The summed E-state index contributed by atoms with van der Waals surface area (Å²) in [6, 6.07) is 0. The molecule has 5 heteroatoms. The zero-order valence-electron chi connectivity index (χ0n) is 12.3. The number of rotatable bonds is 4. The van der Waals surface area contributed by atoms with E-state index in [9.17, 15) is 0 Å². The van der Waals surface area contributed by atoms with E-state index in [0.29, 0.717) is 0 Å². The van der Waals surface area contributed by atoms with Gasteiger partial charge in [-0.3, -0.25) is 0 Å². The normalized spacial score (nSPS) is 16.8. The summed E-state index contributed by atoms with van der Waals surface area (Å²) in [5.41, 5.74) is 0. The molecular weight excluding hydrogens is 240 g/mol. The average molecular weight is 264 g/mol. The molecule has 0 spiro atoms. The van der Waals surface area contributed by atoms with Crippen molar-refractivity contribution in [3.63, 3.8) is 0 Å². The molecular formula is C14H24N4O. The van der Waals surface area contributed by atoms with Crippen molar-refractivity contribution in [2.75, 3.05) is 37.5 Å². The Morgan fingerprint density at radius 1 is 1.32 bits per heavy atom. The van der Waals surface area contributed by atoms with E-state index < -0.39 is 0 Å². The van der Waals surface area contributed by atoms with Crippen LogP contribution in [0.4, 0.5) is 11.6 Å². The number of anilines is 2. The number of aromatic nitrogens is 2. The lowest BCUT2D eigenvalue weighted by Gasteiger charge is -2.35. The molecule has 0 saturated carbocycles. The fraction of sp³-hybridized carbons (Fsp3) is 0.714. The lowest BCUT2D eigenvalue weighted by Crippen LogP contribution is -2.36. The van der Waals surface area contributed by atoms with Crippen LogP contribution in [0.3, 0.4) is 0 Å². The highest BCUT2D eigenvalue weighted by atomic mass is 16.5. The Bertz CT molecular complexity index is 414. The van der Waals surface area contributed by atoms with Crippen molar-refractivity contribution in [3.05, 3.63) is 6.33 Å². The van der Waals surface area contributed by atoms with Crippen LogP contribution in [0.1, 0.15) is 26.7 Å². The summed E-state index contributed by atoms with van der Waals surface area (Å²) in [6.45, 7) is 6.70. The fourth-order valence-corrected chi connectivity index (χ4v) is 2.73. The molecule has 19 heavy (non-hydrogen) atoms. The SMILES string of the molecule is CNc1ncnc(N2CCC(C(C)C)CC2)c1OC. The van der Waals surface area contributed by atoms with Gasteiger partial charge in [0, 0.05) is 20.1 Å². The summed E-state index contributed by atoms with van der Waals surface area (Å²) in [5, 5.41) is 3.05. The van der Waals surface area contributed by atoms with Crippen LogP contribution in [0.5, 0.6) is 5.75 Å². The van der Waals surface area contributed by atoms with Crippen LogP contribution in [0.25, 0.3) is 0 Å². The molecule has 1 aromatic heterocycles. The Kier molecular flexibility index (Phi) is 4.45. The maximum atomic E-state index is 5.47.